The molecule has 0 radical (unpaired) electrons. The van der Waals surface area contributed by atoms with Crippen molar-refractivity contribution in [3.8, 4) is 17.0 Å². The lowest BCUT2D eigenvalue weighted by Crippen LogP contribution is -2.43. The summed E-state index contributed by atoms with van der Waals surface area (Å²) in [6.45, 7) is 2.33. The molecule has 0 saturated heterocycles. The largest absolute Gasteiger partial charge is 0.483 e. The van der Waals surface area contributed by atoms with Crippen LogP contribution >= 0.6 is 0 Å². The lowest BCUT2D eigenvalue weighted by atomic mass is 9.64. The molecule has 2 aliphatic rings. The molecule has 1 aliphatic heterocycles. The van der Waals surface area contributed by atoms with E-state index in [1.807, 2.05) is 25.2 Å². The summed E-state index contributed by atoms with van der Waals surface area (Å²) in [6.07, 6.45) is 10.3. The van der Waals surface area contributed by atoms with Crippen molar-refractivity contribution in [2.45, 2.75) is 50.9 Å². The molecule has 2 aromatic heterocycles. The maximum Gasteiger partial charge on any atom is 0.290 e. The Kier molecular flexibility index (Phi) is 7.86. The summed E-state index contributed by atoms with van der Waals surface area (Å²) in [5.41, 5.74) is 4.22. The molecule has 5 rings (SSSR count). The van der Waals surface area contributed by atoms with Gasteiger partial charge in [-0.2, -0.15) is 0 Å². The van der Waals surface area contributed by atoms with Crippen LogP contribution in [0.5, 0.6) is 5.88 Å². The van der Waals surface area contributed by atoms with Crippen molar-refractivity contribution in [2.75, 3.05) is 29.5 Å². The molecule has 1 aromatic carbocycles. The number of carboxylic acid groups (broad SMARTS) is 1. The predicted octanol–water partition coefficient (Wildman–Crippen LogP) is 4.34. The Balaban J connectivity index is 0.00000107. The molecule has 1 saturated carbocycles. The summed E-state index contributed by atoms with van der Waals surface area (Å²) in [7, 11) is -1.71. The van der Waals surface area contributed by atoms with E-state index < -0.39 is 15.4 Å². The van der Waals surface area contributed by atoms with Crippen LogP contribution in [0.4, 0.5) is 11.4 Å². The highest BCUT2D eigenvalue weighted by Crippen LogP contribution is 2.55. The van der Waals surface area contributed by atoms with E-state index in [4.69, 9.17) is 14.6 Å². The number of carbonyl (C=O) groups is 2. The number of nitrogens with zero attached hydrogens (tertiary/aromatic N) is 3. The van der Waals surface area contributed by atoms with Crippen LogP contribution in [0.3, 0.4) is 0 Å². The number of fused-ring (bicyclic) bond motifs is 4. The first kappa shape index (κ1) is 27.3. The number of aromatic nitrogens is 2. The number of likely N-dealkylation sites (N-methyl/N-ethyl adjacent to an activating group) is 1. The number of ether oxygens (including phenoxy) is 1. The van der Waals surface area contributed by atoms with Crippen LogP contribution in [-0.2, 0) is 25.0 Å². The van der Waals surface area contributed by atoms with E-state index >= 15 is 0 Å². The first-order chi connectivity index (χ1) is 18.1. The van der Waals surface area contributed by atoms with Crippen molar-refractivity contribution >= 4 is 44.7 Å². The average Bonchev–Trinajstić information content (AvgIpc) is 3.09. The average molecular weight is 541 g/mol. The van der Waals surface area contributed by atoms with E-state index in [-0.39, 0.29) is 18.3 Å². The third-order valence-corrected chi connectivity index (χ3v) is 7.67. The van der Waals surface area contributed by atoms with Crippen LogP contribution in [0.2, 0.25) is 0 Å². The summed E-state index contributed by atoms with van der Waals surface area (Å²) in [5.74, 6) is 0.406. The number of rotatable bonds is 8. The third-order valence-electron chi connectivity index (χ3n) is 7.08. The van der Waals surface area contributed by atoms with Crippen molar-refractivity contribution in [3.05, 3.63) is 42.2 Å². The number of benzene rings is 1. The molecule has 2 N–H and O–H groups in total. The number of nitrogens with one attached hydrogen (secondary N) is 1. The van der Waals surface area contributed by atoms with Gasteiger partial charge in [-0.3, -0.25) is 19.3 Å². The zero-order chi connectivity index (χ0) is 27.5. The number of unbranched alkanes of at least 4 members (excludes halogenated alkanes) is 2. The van der Waals surface area contributed by atoms with E-state index in [0.717, 1.165) is 78.1 Å². The third kappa shape index (κ3) is 5.15. The van der Waals surface area contributed by atoms with Gasteiger partial charge in [0.05, 0.1) is 35.7 Å². The molecule has 1 fully saturated rings. The van der Waals surface area contributed by atoms with Crippen LogP contribution < -0.4 is 14.4 Å². The van der Waals surface area contributed by atoms with E-state index in [2.05, 4.69) is 21.6 Å². The second-order valence-corrected chi connectivity index (χ2v) is 11.4. The van der Waals surface area contributed by atoms with Crippen LogP contribution in [0.25, 0.3) is 22.0 Å². The summed E-state index contributed by atoms with van der Waals surface area (Å²) in [4.78, 5) is 32.3. The van der Waals surface area contributed by atoms with Gasteiger partial charge >= 0.3 is 0 Å². The fourth-order valence-electron chi connectivity index (χ4n) is 5.17. The fourth-order valence-corrected chi connectivity index (χ4v) is 5.72. The predicted molar refractivity (Wildman–Crippen MR) is 146 cm³/mol. The number of anilines is 2. The maximum absolute atomic E-state index is 13.1. The van der Waals surface area contributed by atoms with Crippen LogP contribution in [0.15, 0.2) is 36.7 Å². The molecular formula is C27H32N4O6S. The molecule has 1 amide bonds. The van der Waals surface area contributed by atoms with Crippen molar-refractivity contribution < 1.29 is 27.9 Å². The van der Waals surface area contributed by atoms with Gasteiger partial charge in [0.25, 0.3) is 6.47 Å². The Hall–Kier alpha value is -3.73. The molecule has 3 heterocycles. The van der Waals surface area contributed by atoms with Crippen LogP contribution in [0, 0.1) is 0 Å². The number of hydrogen-bond donors (Lipinski definition) is 2. The Labute approximate surface area is 222 Å². The highest BCUT2D eigenvalue weighted by molar-refractivity contribution is 7.92. The van der Waals surface area contributed by atoms with Gasteiger partial charge in [0.2, 0.25) is 21.8 Å². The number of carbonyl (C=O) groups excluding carboxylic acids is 1. The van der Waals surface area contributed by atoms with Gasteiger partial charge in [-0.05, 0) is 43.0 Å². The Morgan fingerprint density at radius 1 is 1.16 bits per heavy atom. The molecule has 11 heteroatoms. The topological polar surface area (TPSA) is 139 Å². The van der Waals surface area contributed by atoms with Crippen molar-refractivity contribution in [3.63, 3.8) is 0 Å². The van der Waals surface area contributed by atoms with Gasteiger partial charge in [-0.15, -0.1) is 0 Å². The number of hydrogen-bond acceptors (Lipinski definition) is 7. The molecule has 0 atom stereocenters. The van der Waals surface area contributed by atoms with Gasteiger partial charge in [0.15, 0.2) is 0 Å². The standard InChI is InChI=1S/C26H30N4O4S.CH2O2/c1-4-5-6-12-34-24-21(29-35(3,32)33)14-18(15-28-24)17-8-9-20-19(13-17)23-22(16-27-20)30(2)25(31)26(23)10-7-11-26;2-1-3/h8-9,13-16,29H,4-7,10-12H2,1-3H3;1H,(H,2,3). The summed E-state index contributed by atoms with van der Waals surface area (Å²) < 4.78 is 32.4. The number of amides is 1. The minimum absolute atomic E-state index is 0.143. The van der Waals surface area contributed by atoms with Gasteiger partial charge < -0.3 is 14.7 Å². The molecule has 10 nitrogen and oxygen atoms in total. The number of sulfonamides is 1. The molecule has 0 bridgehead atoms. The zero-order valence-electron chi connectivity index (χ0n) is 21.7. The van der Waals surface area contributed by atoms with Gasteiger partial charge in [-0.25, -0.2) is 13.4 Å². The normalized spacial score (nSPS) is 15.4. The van der Waals surface area contributed by atoms with Gasteiger partial charge in [0, 0.05) is 29.8 Å². The number of pyridine rings is 2. The second kappa shape index (κ2) is 10.9. The first-order valence-electron chi connectivity index (χ1n) is 12.6. The SMILES string of the molecule is CCCCCOc1ncc(-c2ccc3ncc4c(c3c2)C2(CCC2)C(=O)N4C)cc1NS(C)(=O)=O.O=CO. The molecule has 38 heavy (non-hydrogen) atoms. The summed E-state index contributed by atoms with van der Waals surface area (Å²) >= 11 is 0. The van der Waals surface area contributed by atoms with Gasteiger partial charge in [-0.1, -0.05) is 32.3 Å². The lowest BCUT2D eigenvalue weighted by Gasteiger charge is -2.37. The van der Waals surface area contributed by atoms with Crippen LogP contribution in [0.1, 0.15) is 51.0 Å². The quantitative estimate of drug-likeness (QED) is 0.318. The minimum atomic E-state index is -3.52. The molecule has 1 spiro atoms. The van der Waals surface area contributed by atoms with Gasteiger partial charge in [0.1, 0.15) is 5.69 Å². The second-order valence-electron chi connectivity index (χ2n) is 9.66. The first-order valence-corrected chi connectivity index (χ1v) is 14.4. The minimum Gasteiger partial charge on any atom is -0.483 e. The zero-order valence-corrected chi connectivity index (χ0v) is 22.5. The van der Waals surface area contributed by atoms with E-state index in [1.165, 1.54) is 0 Å². The monoisotopic (exact) mass is 540 g/mol. The Morgan fingerprint density at radius 2 is 1.89 bits per heavy atom. The highest BCUT2D eigenvalue weighted by Gasteiger charge is 2.54. The Morgan fingerprint density at radius 3 is 2.53 bits per heavy atom. The van der Waals surface area contributed by atoms with E-state index in [9.17, 15) is 13.2 Å². The summed E-state index contributed by atoms with van der Waals surface area (Å²) in [5, 5.41) is 7.84. The maximum atomic E-state index is 13.1. The van der Waals surface area contributed by atoms with Crippen LogP contribution in [-0.4, -0.2) is 55.8 Å². The van der Waals surface area contributed by atoms with Crippen molar-refractivity contribution in [2.24, 2.45) is 0 Å². The smallest absolute Gasteiger partial charge is 0.290 e. The van der Waals surface area contributed by atoms with E-state index in [1.54, 1.807) is 23.4 Å². The fraction of sp³-hybridized carbons (Fsp3) is 0.407. The highest BCUT2D eigenvalue weighted by atomic mass is 32.2. The van der Waals surface area contributed by atoms with Crippen molar-refractivity contribution in [1.29, 1.82) is 0 Å². The molecule has 3 aromatic rings. The molecular weight excluding hydrogens is 508 g/mol. The summed E-state index contributed by atoms with van der Waals surface area (Å²) in [6, 6.07) is 7.67. The Bertz CT molecular complexity index is 1470. The molecule has 0 unspecified atom stereocenters. The molecule has 202 valence electrons. The van der Waals surface area contributed by atoms with Crippen molar-refractivity contribution in [1.82, 2.24) is 9.97 Å². The van der Waals surface area contributed by atoms with E-state index in [0.29, 0.717) is 12.3 Å². The molecule has 1 aliphatic carbocycles. The lowest BCUT2D eigenvalue weighted by molar-refractivity contribution is -0.125.